The molecule has 0 aliphatic rings. The van der Waals surface area contributed by atoms with Crippen LogP contribution in [0, 0.1) is 0 Å². The highest BCUT2D eigenvalue weighted by molar-refractivity contribution is 5.90. The summed E-state index contributed by atoms with van der Waals surface area (Å²) in [5.41, 5.74) is 5.91. The minimum absolute atomic E-state index is 0.0122. The quantitative estimate of drug-likeness (QED) is 0.310. The third-order valence-corrected chi connectivity index (χ3v) is 1.95. The van der Waals surface area contributed by atoms with Crippen molar-refractivity contribution >= 4 is 17.4 Å². The number of rotatable bonds is 5. The van der Waals surface area contributed by atoms with E-state index in [4.69, 9.17) is 15.7 Å². The molecule has 1 aromatic carbocycles. The molecule has 0 aromatic heterocycles. The molecule has 0 aliphatic heterocycles. The zero-order valence-electron chi connectivity index (χ0n) is 9.51. The molecule has 0 fully saturated rings. The van der Waals surface area contributed by atoms with Crippen LogP contribution in [0.25, 0.3) is 0 Å². The number of carbonyl (C=O) groups is 1. The minimum atomic E-state index is -0.0708. The molecule has 0 aliphatic carbocycles. The summed E-state index contributed by atoms with van der Waals surface area (Å²) >= 11 is 0. The van der Waals surface area contributed by atoms with Gasteiger partial charge in [0.25, 0.3) is 0 Å². The van der Waals surface area contributed by atoms with Crippen LogP contribution < -0.4 is 15.8 Å². The van der Waals surface area contributed by atoms with E-state index in [1.165, 1.54) is 0 Å². The molecule has 0 heterocycles. The smallest absolute Gasteiger partial charge is 0.224 e. The van der Waals surface area contributed by atoms with Crippen LogP contribution in [0.5, 0.6) is 5.75 Å². The number of benzene rings is 1. The van der Waals surface area contributed by atoms with Gasteiger partial charge in [-0.1, -0.05) is 18.1 Å². The van der Waals surface area contributed by atoms with Crippen LogP contribution in [-0.4, -0.2) is 23.6 Å². The van der Waals surface area contributed by atoms with Crippen molar-refractivity contribution in [1.29, 1.82) is 0 Å². The molecule has 0 atom stereocenters. The van der Waals surface area contributed by atoms with E-state index in [9.17, 15) is 4.79 Å². The molecule has 1 amide bonds. The molecule has 1 aromatic rings. The Morgan fingerprint density at radius 1 is 1.59 bits per heavy atom. The largest absolute Gasteiger partial charge is 0.485 e. The summed E-state index contributed by atoms with van der Waals surface area (Å²) in [6, 6.07) is 6.88. The summed E-state index contributed by atoms with van der Waals surface area (Å²) < 4.78 is 5.25. The number of amidine groups is 1. The number of hydrogen-bond donors (Lipinski definition) is 3. The standard InChI is InChI=1S/C11H15N3O3/c1-2-11(15)13-8-4-3-5-9(6-8)17-7-10(12)14-16/h3-6,16H,2,7H2,1H3,(H2,12,14)(H,13,15). The van der Waals surface area contributed by atoms with Crippen molar-refractivity contribution in [3.8, 4) is 5.75 Å². The number of anilines is 1. The molecule has 92 valence electrons. The Morgan fingerprint density at radius 3 is 3.00 bits per heavy atom. The maximum Gasteiger partial charge on any atom is 0.224 e. The lowest BCUT2D eigenvalue weighted by Gasteiger charge is -2.07. The lowest BCUT2D eigenvalue weighted by molar-refractivity contribution is -0.115. The fraction of sp³-hybridized carbons (Fsp3) is 0.273. The van der Waals surface area contributed by atoms with Crippen LogP contribution in [0.4, 0.5) is 5.69 Å². The Labute approximate surface area is 99.1 Å². The van der Waals surface area contributed by atoms with Gasteiger partial charge in [0.15, 0.2) is 5.84 Å². The molecule has 0 saturated carbocycles. The molecule has 6 nitrogen and oxygen atoms in total. The van der Waals surface area contributed by atoms with E-state index in [1.54, 1.807) is 31.2 Å². The zero-order chi connectivity index (χ0) is 12.7. The second-order valence-corrected chi connectivity index (χ2v) is 3.31. The normalized spacial score (nSPS) is 11.0. The van der Waals surface area contributed by atoms with Gasteiger partial charge in [-0.2, -0.15) is 0 Å². The van der Waals surface area contributed by atoms with E-state index in [0.29, 0.717) is 17.9 Å². The van der Waals surface area contributed by atoms with Crippen LogP contribution in [0.1, 0.15) is 13.3 Å². The molecule has 1 rings (SSSR count). The van der Waals surface area contributed by atoms with Crippen molar-refractivity contribution in [3.63, 3.8) is 0 Å². The van der Waals surface area contributed by atoms with E-state index in [2.05, 4.69) is 10.5 Å². The van der Waals surface area contributed by atoms with Gasteiger partial charge in [-0.15, -0.1) is 0 Å². The van der Waals surface area contributed by atoms with Crippen LogP contribution in [0.2, 0.25) is 0 Å². The van der Waals surface area contributed by atoms with E-state index in [0.717, 1.165) is 0 Å². The van der Waals surface area contributed by atoms with Crippen LogP contribution >= 0.6 is 0 Å². The third-order valence-electron chi connectivity index (χ3n) is 1.95. The number of hydrogen-bond acceptors (Lipinski definition) is 4. The van der Waals surface area contributed by atoms with Gasteiger partial charge in [0.2, 0.25) is 5.91 Å². The van der Waals surface area contributed by atoms with Gasteiger partial charge in [0.05, 0.1) is 0 Å². The second-order valence-electron chi connectivity index (χ2n) is 3.31. The summed E-state index contributed by atoms with van der Waals surface area (Å²) in [6.07, 6.45) is 0.412. The van der Waals surface area contributed by atoms with Crippen molar-refractivity contribution in [2.75, 3.05) is 11.9 Å². The Bertz CT molecular complexity index is 418. The van der Waals surface area contributed by atoms with Gasteiger partial charge < -0.3 is 21.0 Å². The zero-order valence-corrected chi connectivity index (χ0v) is 9.51. The molecule has 0 unspecified atom stereocenters. The third kappa shape index (κ3) is 4.42. The molecule has 0 spiro atoms. The number of nitrogens with two attached hydrogens (primary N) is 1. The first-order chi connectivity index (χ1) is 8.15. The molecule has 0 bridgehead atoms. The van der Waals surface area contributed by atoms with Crippen molar-refractivity contribution in [1.82, 2.24) is 0 Å². The van der Waals surface area contributed by atoms with E-state index < -0.39 is 0 Å². The van der Waals surface area contributed by atoms with Gasteiger partial charge in [0.1, 0.15) is 12.4 Å². The average Bonchev–Trinajstić information content (AvgIpc) is 2.36. The lowest BCUT2D eigenvalue weighted by atomic mass is 10.3. The summed E-state index contributed by atoms with van der Waals surface area (Å²) in [7, 11) is 0. The molecule has 0 saturated heterocycles. The first-order valence-electron chi connectivity index (χ1n) is 5.14. The molecule has 4 N–H and O–H groups in total. The van der Waals surface area contributed by atoms with Crippen LogP contribution in [-0.2, 0) is 4.79 Å². The summed E-state index contributed by atoms with van der Waals surface area (Å²) in [6.45, 7) is 1.76. The lowest BCUT2D eigenvalue weighted by Crippen LogP contribution is -2.20. The van der Waals surface area contributed by atoms with Gasteiger partial charge in [-0.05, 0) is 12.1 Å². The first-order valence-corrected chi connectivity index (χ1v) is 5.14. The number of nitrogens with one attached hydrogen (secondary N) is 1. The number of amides is 1. The van der Waals surface area contributed by atoms with Crippen molar-refractivity contribution < 1.29 is 14.7 Å². The topological polar surface area (TPSA) is 96.9 Å². The van der Waals surface area contributed by atoms with Crippen LogP contribution in [0.15, 0.2) is 29.4 Å². The molecular formula is C11H15N3O3. The Kier molecular flexibility index (Phi) is 4.80. The molecule has 0 radical (unpaired) electrons. The van der Waals surface area contributed by atoms with Gasteiger partial charge in [0, 0.05) is 18.2 Å². The number of carbonyl (C=O) groups excluding carboxylic acids is 1. The first kappa shape index (κ1) is 12.8. The van der Waals surface area contributed by atoms with Gasteiger partial charge in [-0.25, -0.2) is 0 Å². The van der Waals surface area contributed by atoms with Crippen LogP contribution in [0.3, 0.4) is 0 Å². The van der Waals surface area contributed by atoms with Crippen molar-refractivity contribution in [3.05, 3.63) is 24.3 Å². The Balaban J connectivity index is 2.62. The van der Waals surface area contributed by atoms with E-state index >= 15 is 0 Å². The van der Waals surface area contributed by atoms with Gasteiger partial charge in [-0.3, -0.25) is 4.79 Å². The average molecular weight is 237 g/mol. The number of oxime groups is 1. The van der Waals surface area contributed by atoms with Gasteiger partial charge >= 0.3 is 0 Å². The van der Waals surface area contributed by atoms with E-state index in [1.807, 2.05) is 0 Å². The predicted molar refractivity (Wildman–Crippen MR) is 64.3 cm³/mol. The molecule has 6 heteroatoms. The Hall–Kier alpha value is -2.24. The number of nitrogens with zero attached hydrogens (tertiary/aromatic N) is 1. The van der Waals surface area contributed by atoms with Crippen molar-refractivity contribution in [2.45, 2.75) is 13.3 Å². The maximum absolute atomic E-state index is 11.2. The predicted octanol–water partition coefficient (Wildman–Crippen LogP) is 1.16. The Morgan fingerprint density at radius 2 is 2.35 bits per heavy atom. The molecule has 17 heavy (non-hydrogen) atoms. The summed E-state index contributed by atoms with van der Waals surface area (Å²) in [4.78, 5) is 11.2. The monoisotopic (exact) mass is 237 g/mol. The van der Waals surface area contributed by atoms with E-state index in [-0.39, 0.29) is 18.3 Å². The fourth-order valence-corrected chi connectivity index (χ4v) is 1.10. The highest BCUT2D eigenvalue weighted by Gasteiger charge is 2.01. The summed E-state index contributed by atoms with van der Waals surface area (Å²) in [5.74, 6) is 0.442. The fourth-order valence-electron chi connectivity index (χ4n) is 1.10. The highest BCUT2D eigenvalue weighted by Crippen LogP contribution is 2.17. The van der Waals surface area contributed by atoms with Crippen molar-refractivity contribution in [2.24, 2.45) is 10.9 Å². The second kappa shape index (κ2) is 6.37. The maximum atomic E-state index is 11.2. The minimum Gasteiger partial charge on any atom is -0.485 e. The SMILES string of the molecule is CCC(=O)Nc1cccc(OC/C(N)=N/O)c1. The summed E-state index contributed by atoms with van der Waals surface area (Å²) in [5, 5.41) is 13.8. The number of ether oxygens (including phenoxy) is 1. The molecular weight excluding hydrogens is 222 g/mol. The highest BCUT2D eigenvalue weighted by atomic mass is 16.5.